The van der Waals surface area contributed by atoms with Crippen LogP contribution >= 0.6 is 23.4 Å². The van der Waals surface area contributed by atoms with E-state index >= 15 is 0 Å². The van der Waals surface area contributed by atoms with Crippen LogP contribution in [0.5, 0.6) is 0 Å². The Morgan fingerprint density at radius 2 is 2.00 bits per heavy atom. The fourth-order valence-corrected chi connectivity index (χ4v) is 4.31. The zero-order valence-electron chi connectivity index (χ0n) is 13.6. The van der Waals surface area contributed by atoms with Gasteiger partial charge in [0.25, 0.3) is 0 Å². The lowest BCUT2D eigenvalue weighted by Gasteiger charge is -2.11. The van der Waals surface area contributed by atoms with E-state index in [1.54, 1.807) is 34.9 Å². The van der Waals surface area contributed by atoms with E-state index < -0.39 is 17.2 Å². The molecule has 3 rings (SSSR count). The summed E-state index contributed by atoms with van der Waals surface area (Å²) in [4.78, 5) is 13.0. The predicted octanol–water partition coefficient (Wildman–Crippen LogP) is 4.04. The molecule has 2 aromatic carbocycles. The van der Waals surface area contributed by atoms with Crippen LogP contribution in [0, 0.1) is 6.92 Å². The molecule has 1 aromatic heterocycles. The molecular weight excluding hydrogens is 396 g/mol. The van der Waals surface area contributed by atoms with Gasteiger partial charge in [0, 0.05) is 37.2 Å². The van der Waals surface area contributed by atoms with Gasteiger partial charge in [0.1, 0.15) is 6.54 Å². The molecule has 3 aromatic rings. The van der Waals surface area contributed by atoms with Gasteiger partial charge >= 0.3 is 5.97 Å². The largest absolute Gasteiger partial charge is 0.755 e. The minimum absolute atomic E-state index is 0.215. The minimum Gasteiger partial charge on any atom is -0.755 e. The Kier molecular flexibility index (Phi) is 5.57. The van der Waals surface area contributed by atoms with Crippen molar-refractivity contribution in [2.75, 3.05) is 4.72 Å². The summed E-state index contributed by atoms with van der Waals surface area (Å²) in [5.74, 6) is -0.973. The van der Waals surface area contributed by atoms with E-state index in [1.165, 1.54) is 11.8 Å². The summed E-state index contributed by atoms with van der Waals surface area (Å²) in [6.07, 6.45) is 0. The molecule has 1 heterocycles. The van der Waals surface area contributed by atoms with E-state index in [9.17, 15) is 18.7 Å². The van der Waals surface area contributed by atoms with Gasteiger partial charge < -0.3 is 18.9 Å². The molecule has 0 fully saturated rings. The molecule has 0 amide bonds. The van der Waals surface area contributed by atoms with Gasteiger partial charge in [-0.2, -0.15) is 0 Å². The van der Waals surface area contributed by atoms with Crippen LogP contribution in [0.15, 0.2) is 52.3 Å². The van der Waals surface area contributed by atoms with Crippen LogP contribution in [0.2, 0.25) is 5.02 Å². The van der Waals surface area contributed by atoms with Crippen LogP contribution in [-0.2, 0) is 22.6 Å². The van der Waals surface area contributed by atoms with Crippen LogP contribution < -0.4 is 4.72 Å². The highest BCUT2D eigenvalue weighted by Gasteiger charge is 2.19. The first-order valence-corrected chi connectivity index (χ1v) is 9.76. The number of carboxylic acid groups (broad SMARTS) is 1. The van der Waals surface area contributed by atoms with Crippen molar-refractivity contribution in [3.8, 4) is 0 Å². The second-order valence-corrected chi connectivity index (χ2v) is 7.68. The molecule has 0 aliphatic heterocycles. The maximum Gasteiger partial charge on any atom is 0.323 e. The van der Waals surface area contributed by atoms with Crippen molar-refractivity contribution >= 4 is 57.2 Å². The molecule has 26 heavy (non-hydrogen) atoms. The highest BCUT2D eigenvalue weighted by molar-refractivity contribution is 7.99. The number of carboxylic acids is 1. The summed E-state index contributed by atoms with van der Waals surface area (Å²) >= 11 is 4.87. The first-order valence-electron chi connectivity index (χ1n) is 7.49. The second kappa shape index (κ2) is 7.71. The number of hydrogen-bond donors (Lipinski definition) is 2. The van der Waals surface area contributed by atoms with Crippen molar-refractivity contribution in [3.63, 3.8) is 0 Å². The summed E-state index contributed by atoms with van der Waals surface area (Å²) in [5.41, 5.74) is 1.80. The van der Waals surface area contributed by atoms with Crippen molar-refractivity contribution in [1.82, 2.24) is 4.57 Å². The highest BCUT2D eigenvalue weighted by Crippen LogP contribution is 2.41. The zero-order valence-corrected chi connectivity index (χ0v) is 16.0. The molecule has 9 heteroatoms. The lowest BCUT2D eigenvalue weighted by Crippen LogP contribution is -2.10. The first kappa shape index (κ1) is 18.8. The molecule has 0 saturated carbocycles. The molecule has 6 nitrogen and oxygen atoms in total. The number of rotatable bonds is 6. The number of nitrogens with one attached hydrogen (secondary N) is 1. The Hall–Kier alpha value is -2.00. The SMILES string of the molecule is Cc1c(Sc2ccc(Cl)cc2)c2c(NS(=O)[O-])cccc2n1CC(=O)O. The van der Waals surface area contributed by atoms with Crippen LogP contribution in [-0.4, -0.2) is 24.4 Å². The topological polar surface area (TPSA) is 94.4 Å². The van der Waals surface area contributed by atoms with Gasteiger partial charge in [-0.3, -0.25) is 9.00 Å². The molecule has 0 radical (unpaired) electrons. The van der Waals surface area contributed by atoms with E-state index in [1.807, 2.05) is 19.1 Å². The number of fused-ring (bicyclic) bond motifs is 1. The molecule has 0 spiro atoms. The average Bonchev–Trinajstić information content (AvgIpc) is 2.82. The smallest absolute Gasteiger partial charge is 0.323 e. The summed E-state index contributed by atoms with van der Waals surface area (Å²) in [6.45, 7) is 1.60. The van der Waals surface area contributed by atoms with E-state index in [4.69, 9.17) is 11.6 Å². The van der Waals surface area contributed by atoms with Crippen molar-refractivity contribution in [2.45, 2.75) is 23.3 Å². The minimum atomic E-state index is -2.49. The van der Waals surface area contributed by atoms with E-state index in [2.05, 4.69) is 4.72 Å². The van der Waals surface area contributed by atoms with Crippen LogP contribution in [0.4, 0.5) is 5.69 Å². The third-order valence-corrected chi connectivity index (χ3v) is 5.66. The van der Waals surface area contributed by atoms with Crippen molar-refractivity contribution < 1.29 is 18.7 Å². The number of benzene rings is 2. The van der Waals surface area contributed by atoms with Crippen molar-refractivity contribution in [1.29, 1.82) is 0 Å². The fraction of sp³-hybridized carbons (Fsp3) is 0.118. The molecule has 0 aliphatic rings. The molecule has 136 valence electrons. The van der Waals surface area contributed by atoms with Gasteiger partial charge in [-0.05, 0) is 43.3 Å². The lowest BCUT2D eigenvalue weighted by molar-refractivity contribution is -0.137. The maximum absolute atomic E-state index is 11.3. The molecule has 0 bridgehead atoms. The van der Waals surface area contributed by atoms with Gasteiger partial charge in [0.05, 0.1) is 11.2 Å². The Morgan fingerprint density at radius 1 is 1.31 bits per heavy atom. The number of hydrogen-bond acceptors (Lipinski definition) is 4. The molecule has 0 aliphatic carbocycles. The van der Waals surface area contributed by atoms with Gasteiger partial charge in [0.2, 0.25) is 0 Å². The monoisotopic (exact) mass is 409 g/mol. The zero-order chi connectivity index (χ0) is 18.8. The first-order chi connectivity index (χ1) is 12.4. The third-order valence-electron chi connectivity index (χ3n) is 3.81. The van der Waals surface area contributed by atoms with Crippen LogP contribution in [0.25, 0.3) is 10.9 Å². The quantitative estimate of drug-likeness (QED) is 0.599. The number of nitrogens with zero attached hydrogens (tertiary/aromatic N) is 1. The van der Waals surface area contributed by atoms with Crippen molar-refractivity contribution in [3.05, 3.63) is 53.2 Å². The van der Waals surface area contributed by atoms with E-state index in [0.29, 0.717) is 21.6 Å². The fourth-order valence-electron chi connectivity index (χ4n) is 2.75. The third kappa shape index (κ3) is 3.88. The molecule has 1 atom stereocenters. The molecule has 0 saturated heterocycles. The summed E-state index contributed by atoms with van der Waals surface area (Å²) in [7, 11) is 0. The average molecular weight is 410 g/mol. The van der Waals surface area contributed by atoms with Gasteiger partial charge in [-0.25, -0.2) is 0 Å². The number of aromatic nitrogens is 1. The van der Waals surface area contributed by atoms with Gasteiger partial charge in [0.15, 0.2) is 0 Å². The Morgan fingerprint density at radius 3 is 2.62 bits per heavy atom. The highest BCUT2D eigenvalue weighted by atomic mass is 35.5. The number of carbonyl (C=O) groups is 1. The van der Waals surface area contributed by atoms with E-state index in [-0.39, 0.29) is 6.54 Å². The second-order valence-electron chi connectivity index (χ2n) is 5.49. The standard InChI is InChI=1S/C17H15ClN2O4S2/c1-10-17(25-12-7-5-11(18)6-8-12)16-13(19-26(23)24)3-2-4-14(16)20(10)9-15(21)22/h2-8,19H,9H2,1H3,(H,21,22)(H,23,24)/p-1. The normalized spacial score (nSPS) is 12.3. The van der Waals surface area contributed by atoms with E-state index in [0.717, 1.165) is 15.5 Å². The number of halogens is 1. The molecular formula is C17H14ClN2O4S2-. The Bertz CT molecular complexity index is 1000. The van der Waals surface area contributed by atoms with Crippen molar-refractivity contribution in [2.24, 2.45) is 0 Å². The van der Waals surface area contributed by atoms with Crippen LogP contribution in [0.1, 0.15) is 5.69 Å². The summed E-state index contributed by atoms with van der Waals surface area (Å²) in [5, 5.41) is 10.5. The molecule has 2 N–H and O–H groups in total. The summed E-state index contributed by atoms with van der Waals surface area (Å²) < 4.78 is 26.4. The van der Waals surface area contributed by atoms with Gasteiger partial charge in [-0.1, -0.05) is 29.4 Å². The molecule has 1 unspecified atom stereocenters. The number of anilines is 1. The maximum atomic E-state index is 11.3. The predicted molar refractivity (Wildman–Crippen MR) is 102 cm³/mol. The van der Waals surface area contributed by atoms with Crippen LogP contribution in [0.3, 0.4) is 0 Å². The summed E-state index contributed by atoms with van der Waals surface area (Å²) in [6, 6.07) is 12.4. The Balaban J connectivity index is 2.21. The lowest BCUT2D eigenvalue weighted by atomic mass is 10.2. The Labute approximate surface area is 161 Å². The number of aliphatic carboxylic acids is 1. The van der Waals surface area contributed by atoms with Gasteiger partial charge in [-0.15, -0.1) is 0 Å².